The Hall–Kier alpha value is -4.20. The number of hydrogen-bond acceptors (Lipinski definition) is 5. The molecule has 0 radical (unpaired) electrons. The van der Waals surface area contributed by atoms with Gasteiger partial charge in [0.05, 0.1) is 5.69 Å². The van der Waals surface area contributed by atoms with Gasteiger partial charge in [-0.2, -0.15) is 0 Å². The molecule has 0 bridgehead atoms. The molecule has 3 aromatic rings. The van der Waals surface area contributed by atoms with E-state index in [4.69, 9.17) is 9.47 Å². The molecule has 4 rings (SSSR count). The maximum Gasteiger partial charge on any atom is 0.265 e. The zero-order valence-electron chi connectivity index (χ0n) is 20.9. The van der Waals surface area contributed by atoms with Gasteiger partial charge in [0.1, 0.15) is 17.3 Å². The van der Waals surface area contributed by atoms with Gasteiger partial charge < -0.3 is 19.7 Å². The number of nitrogens with one attached hydrogen (secondary N) is 1. The molecule has 0 aliphatic carbocycles. The summed E-state index contributed by atoms with van der Waals surface area (Å²) in [6, 6.07) is 16.7. The first-order valence-electron chi connectivity index (χ1n) is 12.1. The molecule has 3 aromatic carbocycles. The summed E-state index contributed by atoms with van der Waals surface area (Å²) in [4.78, 5) is 39.3. The highest BCUT2D eigenvalue weighted by atomic mass is 19.1. The van der Waals surface area contributed by atoms with Gasteiger partial charge in [0, 0.05) is 25.1 Å². The molecule has 1 N–H and O–H groups in total. The Morgan fingerprint density at radius 2 is 1.84 bits per heavy atom. The fourth-order valence-electron chi connectivity index (χ4n) is 4.00. The van der Waals surface area contributed by atoms with E-state index in [1.54, 1.807) is 35.2 Å². The number of ketones is 1. The molecule has 1 heterocycles. The maximum atomic E-state index is 13.0. The van der Waals surface area contributed by atoms with Gasteiger partial charge in [-0.25, -0.2) is 4.39 Å². The van der Waals surface area contributed by atoms with Gasteiger partial charge in [0.15, 0.2) is 19.0 Å². The van der Waals surface area contributed by atoms with E-state index in [-0.39, 0.29) is 43.0 Å². The molecule has 0 unspecified atom stereocenters. The van der Waals surface area contributed by atoms with E-state index in [0.29, 0.717) is 42.3 Å². The van der Waals surface area contributed by atoms with E-state index in [9.17, 15) is 18.8 Å². The van der Waals surface area contributed by atoms with Gasteiger partial charge in [-0.3, -0.25) is 14.4 Å². The Labute approximate surface area is 215 Å². The molecular weight excluding hydrogens is 475 g/mol. The van der Waals surface area contributed by atoms with Crippen LogP contribution in [-0.2, 0) is 16.1 Å². The minimum atomic E-state index is -0.329. The maximum absolute atomic E-state index is 13.0. The van der Waals surface area contributed by atoms with Crippen LogP contribution < -0.4 is 19.7 Å². The molecule has 7 nitrogen and oxygen atoms in total. The van der Waals surface area contributed by atoms with Gasteiger partial charge in [-0.05, 0) is 73.4 Å². The van der Waals surface area contributed by atoms with E-state index in [0.717, 1.165) is 16.7 Å². The highest BCUT2D eigenvalue weighted by molar-refractivity contribution is 6.02. The third-order valence-electron chi connectivity index (χ3n) is 6.11. The van der Waals surface area contributed by atoms with Crippen molar-refractivity contribution in [3.8, 4) is 11.5 Å². The lowest BCUT2D eigenvalue weighted by Crippen LogP contribution is -2.40. The fourth-order valence-corrected chi connectivity index (χ4v) is 4.00. The van der Waals surface area contributed by atoms with Crippen molar-refractivity contribution < 1.29 is 28.2 Å². The number of carbonyl (C=O) groups excluding carboxylic acids is 3. The van der Waals surface area contributed by atoms with Crippen molar-refractivity contribution >= 4 is 23.3 Å². The zero-order chi connectivity index (χ0) is 26.4. The first kappa shape index (κ1) is 25.9. The van der Waals surface area contributed by atoms with Crippen molar-refractivity contribution in [1.82, 2.24) is 5.32 Å². The van der Waals surface area contributed by atoms with Crippen LogP contribution in [0.1, 0.15) is 39.9 Å². The highest BCUT2D eigenvalue weighted by Gasteiger charge is 2.26. The van der Waals surface area contributed by atoms with Crippen LogP contribution in [0.15, 0.2) is 60.7 Å². The first-order valence-corrected chi connectivity index (χ1v) is 12.1. The van der Waals surface area contributed by atoms with Crippen LogP contribution in [0.3, 0.4) is 0 Å². The number of nitrogens with zero attached hydrogens (tertiary/aromatic N) is 1. The summed E-state index contributed by atoms with van der Waals surface area (Å²) in [6.07, 6.45) is 0.637. The SMILES string of the molecule is Cc1ccc(C)c(OCC(=O)c2ccc3c(c2)N(CCCC(=O)NCc2ccc(F)cc2)C(=O)CO3)c1. The number of rotatable bonds is 10. The summed E-state index contributed by atoms with van der Waals surface area (Å²) >= 11 is 0. The number of anilines is 1. The molecule has 0 saturated heterocycles. The number of fused-ring (bicyclic) bond motifs is 1. The lowest BCUT2D eigenvalue weighted by molar-refractivity contribution is -0.123. The van der Waals surface area contributed by atoms with E-state index in [2.05, 4.69) is 5.32 Å². The number of halogens is 1. The zero-order valence-corrected chi connectivity index (χ0v) is 20.9. The smallest absolute Gasteiger partial charge is 0.265 e. The summed E-state index contributed by atoms with van der Waals surface area (Å²) in [6.45, 7) is 4.24. The van der Waals surface area contributed by atoms with Gasteiger partial charge >= 0.3 is 0 Å². The predicted octanol–water partition coefficient (Wildman–Crippen LogP) is 4.53. The molecule has 192 valence electrons. The second kappa shape index (κ2) is 11.7. The lowest BCUT2D eigenvalue weighted by atomic mass is 10.1. The van der Waals surface area contributed by atoms with Crippen molar-refractivity contribution in [2.75, 3.05) is 24.7 Å². The number of hydrogen-bond donors (Lipinski definition) is 1. The van der Waals surface area contributed by atoms with Crippen LogP contribution in [0.4, 0.5) is 10.1 Å². The number of amides is 2. The molecule has 0 atom stereocenters. The molecule has 0 fully saturated rings. The summed E-state index contributed by atoms with van der Waals surface area (Å²) < 4.78 is 24.3. The summed E-state index contributed by atoms with van der Waals surface area (Å²) in [5.74, 6) is 0.205. The van der Waals surface area contributed by atoms with Crippen molar-refractivity contribution in [3.63, 3.8) is 0 Å². The third kappa shape index (κ3) is 6.73. The normalized spacial score (nSPS) is 12.5. The third-order valence-corrected chi connectivity index (χ3v) is 6.11. The molecule has 0 aromatic heterocycles. The van der Waals surface area contributed by atoms with Gasteiger partial charge in [0.25, 0.3) is 5.91 Å². The Kier molecular flexibility index (Phi) is 8.18. The Balaban J connectivity index is 1.35. The molecule has 8 heteroatoms. The summed E-state index contributed by atoms with van der Waals surface area (Å²) in [5.41, 5.74) is 3.68. The standard InChI is InChI=1S/C29H29FN2O5/c1-19-5-6-20(2)27(14-19)36-17-25(33)22-9-12-26-24(15-22)32(29(35)18-37-26)13-3-4-28(34)31-16-21-7-10-23(30)11-8-21/h5-12,14-15H,3-4,13,16-18H2,1-2H3,(H,31,34). The topological polar surface area (TPSA) is 84.9 Å². The van der Waals surface area contributed by atoms with Crippen LogP contribution >= 0.6 is 0 Å². The number of aryl methyl sites for hydroxylation is 2. The van der Waals surface area contributed by atoms with Gasteiger partial charge in [-0.1, -0.05) is 24.3 Å². The monoisotopic (exact) mass is 504 g/mol. The second-order valence-corrected chi connectivity index (χ2v) is 9.00. The number of carbonyl (C=O) groups is 3. The summed E-state index contributed by atoms with van der Waals surface area (Å²) in [7, 11) is 0. The molecule has 1 aliphatic heterocycles. The van der Waals surface area contributed by atoms with Crippen LogP contribution in [0.2, 0.25) is 0 Å². The highest BCUT2D eigenvalue weighted by Crippen LogP contribution is 2.33. The largest absolute Gasteiger partial charge is 0.485 e. The number of benzene rings is 3. The fraction of sp³-hybridized carbons (Fsp3) is 0.276. The quantitative estimate of drug-likeness (QED) is 0.410. The average Bonchev–Trinajstić information content (AvgIpc) is 2.89. The van der Waals surface area contributed by atoms with E-state index < -0.39 is 0 Å². The van der Waals surface area contributed by atoms with Crippen molar-refractivity contribution in [3.05, 3.63) is 88.7 Å². The number of Topliss-reactive ketones (excluding diaryl/α,β-unsaturated/α-hetero) is 1. The van der Waals surface area contributed by atoms with Crippen molar-refractivity contribution in [1.29, 1.82) is 0 Å². The molecule has 1 aliphatic rings. The van der Waals surface area contributed by atoms with Crippen molar-refractivity contribution in [2.45, 2.75) is 33.2 Å². The Bertz CT molecular complexity index is 1310. The van der Waals surface area contributed by atoms with Crippen LogP contribution in [0.25, 0.3) is 0 Å². The first-order chi connectivity index (χ1) is 17.8. The molecule has 2 amide bonds. The minimum absolute atomic E-state index is 0.104. The molecule has 0 saturated carbocycles. The Morgan fingerprint density at radius 3 is 2.62 bits per heavy atom. The minimum Gasteiger partial charge on any atom is -0.485 e. The molecular formula is C29H29FN2O5. The molecule has 37 heavy (non-hydrogen) atoms. The Morgan fingerprint density at radius 1 is 1.05 bits per heavy atom. The van der Waals surface area contributed by atoms with Crippen molar-refractivity contribution in [2.24, 2.45) is 0 Å². The second-order valence-electron chi connectivity index (χ2n) is 9.00. The summed E-state index contributed by atoms with van der Waals surface area (Å²) in [5, 5.41) is 2.80. The van der Waals surface area contributed by atoms with E-state index in [1.807, 2.05) is 32.0 Å². The van der Waals surface area contributed by atoms with E-state index in [1.165, 1.54) is 12.1 Å². The van der Waals surface area contributed by atoms with Gasteiger partial charge in [0.2, 0.25) is 5.91 Å². The van der Waals surface area contributed by atoms with Crippen LogP contribution in [0, 0.1) is 19.7 Å². The number of ether oxygens (including phenoxy) is 2. The van der Waals surface area contributed by atoms with Crippen LogP contribution in [0.5, 0.6) is 11.5 Å². The predicted molar refractivity (Wildman–Crippen MR) is 138 cm³/mol. The van der Waals surface area contributed by atoms with E-state index >= 15 is 0 Å². The average molecular weight is 505 g/mol. The lowest BCUT2D eigenvalue weighted by Gasteiger charge is -2.29. The van der Waals surface area contributed by atoms with Crippen LogP contribution in [-0.4, -0.2) is 37.4 Å². The molecule has 0 spiro atoms. The van der Waals surface area contributed by atoms with Gasteiger partial charge in [-0.15, -0.1) is 0 Å².